The van der Waals surface area contributed by atoms with Crippen molar-refractivity contribution in [1.29, 1.82) is 0 Å². The molecule has 0 fully saturated rings. The fourth-order valence-corrected chi connectivity index (χ4v) is 2.31. The van der Waals surface area contributed by atoms with Crippen molar-refractivity contribution >= 4 is 17.3 Å². The topological polar surface area (TPSA) is 81.3 Å². The molecule has 0 bridgehead atoms. The van der Waals surface area contributed by atoms with Crippen LogP contribution in [0, 0.1) is 0 Å². The first-order valence-electron chi connectivity index (χ1n) is 5.07. The van der Waals surface area contributed by atoms with E-state index in [4.69, 9.17) is 5.11 Å². The number of hydrogen-bond donors (Lipinski definition) is 1. The van der Waals surface area contributed by atoms with Crippen LogP contribution in [0.5, 0.6) is 0 Å². The number of nitrogens with zero attached hydrogens (tertiary/aromatic N) is 2. The van der Waals surface area contributed by atoms with Gasteiger partial charge in [0.25, 0.3) is 0 Å². The van der Waals surface area contributed by atoms with Crippen molar-refractivity contribution in [3.8, 4) is 0 Å². The van der Waals surface area contributed by atoms with Crippen LogP contribution < -0.4 is 11.1 Å². The minimum absolute atomic E-state index is 0.201. The van der Waals surface area contributed by atoms with E-state index in [9.17, 15) is 14.4 Å². The van der Waals surface area contributed by atoms with Crippen LogP contribution in [-0.4, -0.2) is 20.2 Å². The molecule has 0 unspecified atom stereocenters. The Balaban J connectivity index is 2.34. The van der Waals surface area contributed by atoms with Gasteiger partial charge in [-0.25, -0.2) is 4.79 Å². The van der Waals surface area contributed by atoms with Gasteiger partial charge in [-0.15, -0.1) is 11.3 Å². The first-order chi connectivity index (χ1) is 8.49. The summed E-state index contributed by atoms with van der Waals surface area (Å²) in [5, 5.41) is 8.79. The van der Waals surface area contributed by atoms with Gasteiger partial charge in [0.2, 0.25) is 0 Å². The zero-order chi connectivity index (χ0) is 13.3. The van der Waals surface area contributed by atoms with Crippen LogP contribution in [0.3, 0.4) is 0 Å². The lowest BCUT2D eigenvalue weighted by Gasteiger charge is -2.03. The van der Waals surface area contributed by atoms with Gasteiger partial charge < -0.3 is 14.2 Å². The van der Waals surface area contributed by atoms with Crippen LogP contribution in [0.4, 0.5) is 0 Å². The Hall–Kier alpha value is -2.15. The molecule has 0 saturated carbocycles. The van der Waals surface area contributed by atoms with E-state index >= 15 is 0 Å². The summed E-state index contributed by atoms with van der Waals surface area (Å²) >= 11 is 1.09. The van der Waals surface area contributed by atoms with Gasteiger partial charge in [0, 0.05) is 24.3 Å². The van der Waals surface area contributed by atoms with E-state index in [1.54, 1.807) is 6.07 Å². The number of carboxylic acids is 1. The van der Waals surface area contributed by atoms with E-state index in [0.717, 1.165) is 11.3 Å². The Morgan fingerprint density at radius 1 is 1.28 bits per heavy atom. The van der Waals surface area contributed by atoms with E-state index in [-0.39, 0.29) is 11.4 Å². The van der Waals surface area contributed by atoms with Gasteiger partial charge in [-0.2, -0.15) is 0 Å². The molecule has 2 aromatic heterocycles. The summed E-state index contributed by atoms with van der Waals surface area (Å²) in [7, 11) is 1.50. The summed E-state index contributed by atoms with van der Waals surface area (Å²) in [6.07, 6.45) is 3.00. The molecule has 0 atom stereocenters. The zero-order valence-electron chi connectivity index (χ0n) is 9.49. The first-order valence-corrected chi connectivity index (χ1v) is 5.89. The fourth-order valence-electron chi connectivity index (χ4n) is 1.46. The second-order valence-corrected chi connectivity index (χ2v) is 4.89. The van der Waals surface area contributed by atoms with Crippen molar-refractivity contribution in [2.24, 2.45) is 7.05 Å². The smallest absolute Gasteiger partial charge is 0.345 e. The quantitative estimate of drug-likeness (QED) is 0.813. The monoisotopic (exact) mass is 266 g/mol. The van der Waals surface area contributed by atoms with Crippen LogP contribution in [0.15, 0.2) is 34.1 Å². The minimum atomic E-state index is -0.998. The maximum absolute atomic E-state index is 11.7. The second kappa shape index (κ2) is 4.61. The molecule has 2 aromatic rings. The summed E-state index contributed by atoms with van der Waals surface area (Å²) in [5.41, 5.74) is -1.22. The van der Waals surface area contributed by atoms with Gasteiger partial charge in [0.05, 0.1) is 6.54 Å². The number of aromatic nitrogens is 2. The molecule has 94 valence electrons. The third-order valence-corrected chi connectivity index (χ3v) is 3.49. The van der Waals surface area contributed by atoms with Crippen molar-refractivity contribution in [2.75, 3.05) is 0 Å². The number of aromatic carboxylic acids is 1. The Bertz CT molecular complexity index is 710. The molecule has 0 aliphatic carbocycles. The molecular formula is C11H10N2O4S. The Kier molecular flexibility index (Phi) is 3.15. The number of rotatable bonds is 3. The average molecular weight is 266 g/mol. The predicted molar refractivity (Wildman–Crippen MR) is 66.3 cm³/mol. The van der Waals surface area contributed by atoms with Crippen molar-refractivity contribution in [3.63, 3.8) is 0 Å². The second-order valence-electron chi connectivity index (χ2n) is 3.72. The molecule has 2 heterocycles. The van der Waals surface area contributed by atoms with Crippen molar-refractivity contribution in [3.05, 3.63) is 55.0 Å². The average Bonchev–Trinajstić information content (AvgIpc) is 2.79. The lowest BCUT2D eigenvalue weighted by atomic mass is 10.4. The number of hydrogen-bond acceptors (Lipinski definition) is 4. The summed E-state index contributed by atoms with van der Waals surface area (Å²) in [6.45, 7) is 0.201. The van der Waals surface area contributed by atoms with Crippen molar-refractivity contribution in [2.45, 2.75) is 6.54 Å². The van der Waals surface area contributed by atoms with Crippen molar-refractivity contribution in [1.82, 2.24) is 9.13 Å². The fraction of sp³-hybridized carbons (Fsp3) is 0.182. The minimum Gasteiger partial charge on any atom is -0.477 e. The summed E-state index contributed by atoms with van der Waals surface area (Å²) in [4.78, 5) is 34.7. The molecule has 6 nitrogen and oxygen atoms in total. The summed E-state index contributed by atoms with van der Waals surface area (Å²) < 4.78 is 2.47. The Labute approximate surface area is 105 Å². The normalized spacial score (nSPS) is 10.5. The van der Waals surface area contributed by atoms with Crippen LogP contribution in [0.1, 0.15) is 14.5 Å². The molecule has 7 heteroatoms. The summed E-state index contributed by atoms with van der Waals surface area (Å²) in [6, 6.07) is 3.12. The number of carboxylic acid groups (broad SMARTS) is 1. The SMILES string of the molecule is Cn1ccn(Cc2ccc(C(=O)O)s2)c(=O)c1=O. The van der Waals surface area contributed by atoms with E-state index in [2.05, 4.69) is 0 Å². The highest BCUT2D eigenvalue weighted by Gasteiger charge is 2.08. The van der Waals surface area contributed by atoms with Gasteiger partial charge in [-0.1, -0.05) is 0 Å². The van der Waals surface area contributed by atoms with E-state index in [1.807, 2.05) is 0 Å². The third-order valence-electron chi connectivity index (χ3n) is 2.43. The van der Waals surface area contributed by atoms with Gasteiger partial charge >= 0.3 is 17.1 Å². The summed E-state index contributed by atoms with van der Waals surface area (Å²) in [5.74, 6) is -0.998. The highest BCUT2D eigenvalue weighted by atomic mass is 32.1. The Morgan fingerprint density at radius 2 is 2.00 bits per heavy atom. The molecule has 18 heavy (non-hydrogen) atoms. The largest absolute Gasteiger partial charge is 0.477 e. The van der Waals surface area contributed by atoms with Gasteiger partial charge in [0.1, 0.15) is 4.88 Å². The van der Waals surface area contributed by atoms with Crippen LogP contribution >= 0.6 is 11.3 Å². The van der Waals surface area contributed by atoms with Gasteiger partial charge in [0.15, 0.2) is 0 Å². The molecule has 0 aliphatic heterocycles. The molecule has 1 N–H and O–H groups in total. The molecule has 0 aromatic carbocycles. The maximum Gasteiger partial charge on any atom is 0.345 e. The molecule has 0 amide bonds. The highest BCUT2D eigenvalue weighted by Crippen LogP contribution is 2.16. The molecule has 0 saturated heterocycles. The van der Waals surface area contributed by atoms with E-state index in [0.29, 0.717) is 4.88 Å². The van der Waals surface area contributed by atoms with E-state index < -0.39 is 17.1 Å². The lowest BCUT2D eigenvalue weighted by molar-refractivity contribution is 0.0702. The van der Waals surface area contributed by atoms with Crippen molar-refractivity contribution < 1.29 is 9.90 Å². The molecule has 0 spiro atoms. The highest BCUT2D eigenvalue weighted by molar-refractivity contribution is 7.13. The van der Waals surface area contributed by atoms with Crippen LogP contribution in [-0.2, 0) is 13.6 Å². The number of aryl methyl sites for hydroxylation is 1. The molecule has 2 rings (SSSR count). The third kappa shape index (κ3) is 2.25. The molecular weight excluding hydrogens is 256 g/mol. The lowest BCUT2D eigenvalue weighted by Crippen LogP contribution is -2.39. The molecule has 0 aliphatic rings. The number of carbonyl (C=O) groups is 1. The van der Waals surface area contributed by atoms with Crippen LogP contribution in [0.2, 0.25) is 0 Å². The number of thiophene rings is 1. The standard InChI is InChI=1S/C11H10N2O4S/c1-12-4-5-13(10(15)9(12)14)6-7-2-3-8(18-7)11(16)17/h2-5H,6H2,1H3,(H,16,17). The van der Waals surface area contributed by atoms with Gasteiger partial charge in [-0.05, 0) is 12.1 Å². The predicted octanol–water partition coefficient (Wildman–Crippen LogP) is 0.355. The Morgan fingerprint density at radius 3 is 2.61 bits per heavy atom. The molecule has 0 radical (unpaired) electrons. The van der Waals surface area contributed by atoms with E-state index in [1.165, 1.54) is 34.6 Å². The first kappa shape index (κ1) is 12.3. The maximum atomic E-state index is 11.7. The van der Waals surface area contributed by atoms with Gasteiger partial charge in [-0.3, -0.25) is 9.59 Å². The van der Waals surface area contributed by atoms with Crippen LogP contribution in [0.25, 0.3) is 0 Å². The zero-order valence-corrected chi connectivity index (χ0v) is 10.3.